The number of aliphatic hydroxyl groups is 1. The van der Waals surface area contributed by atoms with E-state index in [4.69, 9.17) is 0 Å². The molecule has 2 rings (SSSR count). The van der Waals surface area contributed by atoms with Crippen molar-refractivity contribution in [3.8, 4) is 0 Å². The molecule has 0 radical (unpaired) electrons. The van der Waals surface area contributed by atoms with Crippen LogP contribution in [0, 0.1) is 0 Å². The molecule has 0 saturated heterocycles. The molecule has 0 amide bonds. The first kappa shape index (κ1) is 15.6. The van der Waals surface area contributed by atoms with Crippen LogP contribution in [0.3, 0.4) is 0 Å². The number of pyridine rings is 1. The highest BCUT2D eigenvalue weighted by Crippen LogP contribution is 2.38. The molecule has 0 atom stereocenters. The van der Waals surface area contributed by atoms with Crippen molar-refractivity contribution in [2.75, 3.05) is 18.5 Å². The minimum absolute atomic E-state index is 0.152. The molecular weight excluding hydrogens is 337 g/mol. The minimum Gasteiger partial charge on any atom is -0.388 e. The van der Waals surface area contributed by atoms with Gasteiger partial charge in [-0.1, -0.05) is 12.8 Å². The van der Waals surface area contributed by atoms with Crippen molar-refractivity contribution in [1.82, 2.24) is 4.98 Å². The topological polar surface area (TPSA) is 36.4 Å². The predicted octanol–water partition coefficient (Wildman–Crippen LogP) is 3.60. The molecule has 0 unspecified atom stereocenters. The zero-order valence-corrected chi connectivity index (χ0v) is 12.6. The number of alkyl halides is 3. The smallest absolute Gasteiger partial charge is 0.388 e. The lowest BCUT2D eigenvalue weighted by Gasteiger charge is -2.30. The Balaban J connectivity index is 2.27. The van der Waals surface area contributed by atoms with Gasteiger partial charge in [-0.2, -0.15) is 13.2 Å². The van der Waals surface area contributed by atoms with E-state index >= 15 is 0 Å². The van der Waals surface area contributed by atoms with Gasteiger partial charge in [-0.15, -0.1) is 0 Å². The fourth-order valence-electron chi connectivity index (χ4n) is 2.65. The molecule has 1 aromatic heterocycles. The number of halogens is 4. The SMILES string of the molecule is CN(CC1(O)CCCC1)c1ncc(Br)cc1C(F)(F)F. The number of hydrogen-bond donors (Lipinski definition) is 1. The molecule has 1 heterocycles. The van der Waals surface area contributed by atoms with Gasteiger partial charge in [-0.3, -0.25) is 0 Å². The molecule has 1 saturated carbocycles. The lowest BCUT2D eigenvalue weighted by atomic mass is 10.0. The molecule has 1 aliphatic rings. The summed E-state index contributed by atoms with van der Waals surface area (Å²) in [7, 11) is 1.53. The molecule has 0 spiro atoms. The zero-order valence-electron chi connectivity index (χ0n) is 11.0. The van der Waals surface area contributed by atoms with Crippen molar-refractivity contribution in [1.29, 1.82) is 0 Å². The van der Waals surface area contributed by atoms with E-state index in [-0.39, 0.29) is 16.8 Å². The van der Waals surface area contributed by atoms with Crippen LogP contribution in [0.4, 0.5) is 19.0 Å². The summed E-state index contributed by atoms with van der Waals surface area (Å²) in [5, 5.41) is 10.3. The number of rotatable bonds is 3. The minimum atomic E-state index is -4.47. The molecule has 0 aromatic carbocycles. The molecule has 20 heavy (non-hydrogen) atoms. The normalized spacial score (nSPS) is 18.3. The monoisotopic (exact) mass is 352 g/mol. The summed E-state index contributed by atoms with van der Waals surface area (Å²) in [6, 6.07) is 1.01. The highest BCUT2D eigenvalue weighted by molar-refractivity contribution is 9.10. The predicted molar refractivity (Wildman–Crippen MR) is 73.6 cm³/mol. The zero-order chi connectivity index (χ0) is 15.0. The van der Waals surface area contributed by atoms with Crippen LogP contribution in [0.1, 0.15) is 31.2 Å². The molecule has 1 aromatic rings. The van der Waals surface area contributed by atoms with Gasteiger partial charge in [0, 0.05) is 24.3 Å². The van der Waals surface area contributed by atoms with Gasteiger partial charge >= 0.3 is 6.18 Å². The molecule has 112 valence electrons. The van der Waals surface area contributed by atoms with E-state index in [1.807, 2.05) is 0 Å². The number of likely N-dealkylation sites (N-methyl/N-ethyl adjacent to an activating group) is 1. The molecule has 7 heteroatoms. The first-order valence-electron chi connectivity index (χ1n) is 6.38. The van der Waals surface area contributed by atoms with E-state index in [1.54, 1.807) is 0 Å². The van der Waals surface area contributed by atoms with E-state index in [0.717, 1.165) is 18.9 Å². The third-order valence-corrected chi connectivity index (χ3v) is 4.00. The van der Waals surface area contributed by atoms with Crippen molar-refractivity contribution in [3.63, 3.8) is 0 Å². The maximum Gasteiger partial charge on any atom is 0.419 e. The Morgan fingerprint density at radius 3 is 2.55 bits per heavy atom. The van der Waals surface area contributed by atoms with Gasteiger partial charge in [0.05, 0.1) is 11.2 Å². The Kier molecular flexibility index (Phi) is 4.30. The molecule has 1 N–H and O–H groups in total. The Labute approximate surface area is 123 Å². The van der Waals surface area contributed by atoms with E-state index in [0.29, 0.717) is 12.8 Å². The van der Waals surface area contributed by atoms with Gasteiger partial charge < -0.3 is 10.0 Å². The molecule has 0 aliphatic heterocycles. The molecule has 1 aliphatic carbocycles. The van der Waals surface area contributed by atoms with Crippen molar-refractivity contribution in [2.24, 2.45) is 0 Å². The van der Waals surface area contributed by atoms with Crippen LogP contribution >= 0.6 is 15.9 Å². The Morgan fingerprint density at radius 1 is 1.40 bits per heavy atom. The van der Waals surface area contributed by atoms with Gasteiger partial charge in [0.1, 0.15) is 5.82 Å². The Bertz CT molecular complexity index is 487. The van der Waals surface area contributed by atoms with Crippen LogP contribution < -0.4 is 4.90 Å². The van der Waals surface area contributed by atoms with Crippen LogP contribution in [0.25, 0.3) is 0 Å². The summed E-state index contributed by atoms with van der Waals surface area (Å²) < 4.78 is 39.4. The molecule has 0 bridgehead atoms. The fraction of sp³-hybridized carbons (Fsp3) is 0.615. The Hall–Kier alpha value is -0.820. The fourth-order valence-corrected chi connectivity index (χ4v) is 2.98. The van der Waals surface area contributed by atoms with Crippen molar-refractivity contribution < 1.29 is 18.3 Å². The first-order valence-corrected chi connectivity index (χ1v) is 7.17. The van der Waals surface area contributed by atoms with Crippen molar-refractivity contribution in [3.05, 3.63) is 22.3 Å². The molecular formula is C13H16BrF3N2O. The second-order valence-electron chi connectivity index (χ2n) is 5.31. The number of nitrogens with zero attached hydrogens (tertiary/aromatic N) is 2. The number of anilines is 1. The maximum atomic E-state index is 13.0. The van der Waals surface area contributed by atoms with E-state index in [2.05, 4.69) is 20.9 Å². The standard InChI is InChI=1S/C13H16BrF3N2O/c1-19(8-12(20)4-2-3-5-12)11-10(13(15,16)17)6-9(14)7-18-11/h6-7,20H,2-5,8H2,1H3. The van der Waals surface area contributed by atoms with E-state index in [9.17, 15) is 18.3 Å². The lowest BCUT2D eigenvalue weighted by molar-refractivity contribution is -0.137. The summed E-state index contributed by atoms with van der Waals surface area (Å²) in [5.41, 5.74) is -1.71. The number of aromatic nitrogens is 1. The summed E-state index contributed by atoms with van der Waals surface area (Å²) in [6.07, 6.45) is -0.0860. The van der Waals surface area contributed by atoms with E-state index < -0.39 is 17.3 Å². The van der Waals surface area contributed by atoms with Gasteiger partial charge in [0.25, 0.3) is 0 Å². The van der Waals surface area contributed by atoms with Crippen LogP contribution in [-0.4, -0.2) is 29.3 Å². The summed E-state index contributed by atoms with van der Waals surface area (Å²) in [4.78, 5) is 5.26. The molecule has 3 nitrogen and oxygen atoms in total. The van der Waals surface area contributed by atoms with Crippen molar-refractivity contribution >= 4 is 21.7 Å². The largest absolute Gasteiger partial charge is 0.419 e. The summed E-state index contributed by atoms with van der Waals surface area (Å²) in [5.74, 6) is -0.152. The highest BCUT2D eigenvalue weighted by Gasteiger charge is 2.38. The highest BCUT2D eigenvalue weighted by atomic mass is 79.9. The first-order chi connectivity index (χ1) is 9.21. The third kappa shape index (κ3) is 3.44. The molecule has 1 fully saturated rings. The van der Waals surface area contributed by atoms with Crippen LogP contribution in [0.2, 0.25) is 0 Å². The second-order valence-corrected chi connectivity index (χ2v) is 6.23. The van der Waals surface area contributed by atoms with Crippen molar-refractivity contribution in [2.45, 2.75) is 37.5 Å². The Morgan fingerprint density at radius 2 is 2.00 bits per heavy atom. The lowest BCUT2D eigenvalue weighted by Crippen LogP contribution is -2.40. The summed E-state index contributed by atoms with van der Waals surface area (Å²) >= 11 is 3.01. The van der Waals surface area contributed by atoms with Crippen LogP contribution in [-0.2, 0) is 6.18 Å². The average molecular weight is 353 g/mol. The summed E-state index contributed by atoms with van der Waals surface area (Å²) in [6.45, 7) is 0.157. The maximum absolute atomic E-state index is 13.0. The van der Waals surface area contributed by atoms with Gasteiger partial charge in [-0.05, 0) is 34.8 Å². The van der Waals surface area contributed by atoms with Gasteiger partial charge in [-0.25, -0.2) is 4.98 Å². The van der Waals surface area contributed by atoms with Crippen LogP contribution in [0.15, 0.2) is 16.7 Å². The number of hydrogen-bond acceptors (Lipinski definition) is 3. The van der Waals surface area contributed by atoms with Gasteiger partial charge in [0.15, 0.2) is 0 Å². The van der Waals surface area contributed by atoms with Gasteiger partial charge in [0.2, 0.25) is 0 Å². The third-order valence-electron chi connectivity index (χ3n) is 3.57. The van der Waals surface area contributed by atoms with Crippen LogP contribution in [0.5, 0.6) is 0 Å². The van der Waals surface area contributed by atoms with E-state index in [1.165, 1.54) is 18.1 Å². The average Bonchev–Trinajstić information content (AvgIpc) is 2.74. The second kappa shape index (κ2) is 5.52. The quantitative estimate of drug-likeness (QED) is 0.902.